The number of carbonyl (C=O) groups excluding carboxylic acids is 1. The van der Waals surface area contributed by atoms with Gasteiger partial charge in [0.1, 0.15) is 0 Å². The summed E-state index contributed by atoms with van der Waals surface area (Å²) in [5.74, 6) is -0.954. The largest absolute Gasteiger partial charge is 0.478 e. The highest BCUT2D eigenvalue weighted by molar-refractivity contribution is 5.89. The summed E-state index contributed by atoms with van der Waals surface area (Å²) in [5, 5.41) is 9.33. The zero-order valence-electron chi connectivity index (χ0n) is 17.1. The number of hydrogen-bond acceptors (Lipinski definition) is 3. The van der Waals surface area contributed by atoms with Crippen LogP contribution in [-0.4, -0.2) is 41.8 Å². The molecule has 1 aliphatic rings. The third kappa shape index (κ3) is 5.77. The van der Waals surface area contributed by atoms with E-state index in [0.29, 0.717) is 30.6 Å². The lowest BCUT2D eigenvalue weighted by Gasteiger charge is -2.32. The number of likely N-dealkylation sites (tertiary alicyclic amines) is 1. The van der Waals surface area contributed by atoms with Crippen LogP contribution in [0, 0.1) is 6.92 Å². The lowest BCUT2D eigenvalue weighted by molar-refractivity contribution is -0.137. The van der Waals surface area contributed by atoms with E-state index in [-0.39, 0.29) is 18.1 Å². The molecule has 3 rings (SSSR count). The molecular weight excluding hydrogens is 411 g/mol. The fraction of sp³-hybridized carbons (Fsp3) is 0.391. The summed E-state index contributed by atoms with van der Waals surface area (Å²) in [7, 11) is 0. The molecule has 2 aromatic carbocycles. The Kier molecular flexibility index (Phi) is 6.87. The normalized spacial score (nSPS) is 16.8. The van der Waals surface area contributed by atoms with E-state index >= 15 is 0 Å². The number of alkyl halides is 3. The van der Waals surface area contributed by atoms with E-state index in [1.165, 1.54) is 12.1 Å². The van der Waals surface area contributed by atoms with Crippen molar-refractivity contribution in [2.24, 2.45) is 0 Å². The SMILES string of the molecule is Cc1ccc(C2CCCN(C(=O)OCCc3ccc(C(F)(F)F)cc3)C2)cc1C(=O)O. The van der Waals surface area contributed by atoms with Crippen molar-refractivity contribution < 1.29 is 32.6 Å². The lowest BCUT2D eigenvalue weighted by atomic mass is 9.89. The minimum absolute atomic E-state index is 0.0231. The first-order valence-corrected chi connectivity index (χ1v) is 10.1. The molecular formula is C23H24F3NO4. The number of carboxylic acid groups (broad SMARTS) is 1. The van der Waals surface area contributed by atoms with Crippen LogP contribution in [0.1, 0.15) is 51.4 Å². The molecule has 0 radical (unpaired) electrons. The van der Waals surface area contributed by atoms with E-state index in [9.17, 15) is 27.9 Å². The van der Waals surface area contributed by atoms with Gasteiger partial charge in [-0.15, -0.1) is 0 Å². The number of aryl methyl sites for hydroxylation is 1. The Morgan fingerprint density at radius 2 is 1.87 bits per heavy atom. The highest BCUT2D eigenvalue weighted by atomic mass is 19.4. The van der Waals surface area contributed by atoms with Crippen LogP contribution in [0.2, 0.25) is 0 Å². The van der Waals surface area contributed by atoms with Gasteiger partial charge in [0.15, 0.2) is 0 Å². The Bertz CT molecular complexity index is 941. The summed E-state index contributed by atoms with van der Waals surface area (Å²) in [4.78, 5) is 25.4. The number of piperidine rings is 1. The zero-order chi connectivity index (χ0) is 22.6. The quantitative estimate of drug-likeness (QED) is 0.695. The molecule has 1 atom stereocenters. The summed E-state index contributed by atoms with van der Waals surface area (Å²) in [6, 6.07) is 10.1. The van der Waals surface area contributed by atoms with Gasteiger partial charge in [0.2, 0.25) is 0 Å². The summed E-state index contributed by atoms with van der Waals surface area (Å²) >= 11 is 0. The first-order valence-electron chi connectivity index (χ1n) is 10.1. The van der Waals surface area contributed by atoms with Crippen molar-refractivity contribution in [3.05, 3.63) is 70.3 Å². The van der Waals surface area contributed by atoms with Crippen molar-refractivity contribution in [1.82, 2.24) is 4.90 Å². The third-order valence-corrected chi connectivity index (χ3v) is 5.54. The van der Waals surface area contributed by atoms with Crippen LogP contribution >= 0.6 is 0 Å². The number of benzene rings is 2. The highest BCUT2D eigenvalue weighted by Gasteiger charge is 2.30. The summed E-state index contributed by atoms with van der Waals surface area (Å²) < 4.78 is 43.2. The minimum Gasteiger partial charge on any atom is -0.478 e. The Morgan fingerprint density at radius 3 is 2.52 bits per heavy atom. The second-order valence-electron chi connectivity index (χ2n) is 7.72. The van der Waals surface area contributed by atoms with Crippen LogP contribution in [-0.2, 0) is 17.3 Å². The molecule has 166 valence electrons. The molecule has 0 spiro atoms. The van der Waals surface area contributed by atoms with E-state index in [2.05, 4.69) is 0 Å². The summed E-state index contributed by atoms with van der Waals surface area (Å²) in [6.45, 7) is 2.79. The van der Waals surface area contributed by atoms with Gasteiger partial charge in [0, 0.05) is 25.4 Å². The number of nitrogens with zero attached hydrogens (tertiary/aromatic N) is 1. The van der Waals surface area contributed by atoms with Gasteiger partial charge in [-0.1, -0.05) is 24.3 Å². The van der Waals surface area contributed by atoms with Crippen molar-refractivity contribution in [1.29, 1.82) is 0 Å². The van der Waals surface area contributed by atoms with Crippen molar-refractivity contribution in [2.45, 2.75) is 38.3 Å². The molecule has 5 nitrogen and oxygen atoms in total. The van der Waals surface area contributed by atoms with Crippen molar-refractivity contribution in [3.63, 3.8) is 0 Å². The standard InChI is InChI=1S/C23H24F3NO4/c1-15-4-7-17(13-20(15)21(28)29)18-3-2-11-27(14-18)22(30)31-12-10-16-5-8-19(9-6-16)23(24,25)26/h4-9,13,18H,2-3,10-12,14H2,1H3,(H,28,29). The summed E-state index contributed by atoms with van der Waals surface area (Å²) in [5.41, 5.74) is 1.76. The van der Waals surface area contributed by atoms with Crippen LogP contribution in [0.15, 0.2) is 42.5 Å². The number of ether oxygens (including phenoxy) is 1. The van der Waals surface area contributed by atoms with Crippen LogP contribution in [0.4, 0.5) is 18.0 Å². The molecule has 1 N–H and O–H groups in total. The van der Waals surface area contributed by atoms with Gasteiger partial charge >= 0.3 is 18.2 Å². The van der Waals surface area contributed by atoms with E-state index < -0.39 is 23.8 Å². The first-order chi connectivity index (χ1) is 14.6. The van der Waals surface area contributed by atoms with Gasteiger partial charge in [-0.25, -0.2) is 9.59 Å². The average Bonchev–Trinajstić information content (AvgIpc) is 2.73. The fourth-order valence-corrected chi connectivity index (χ4v) is 3.75. The van der Waals surface area contributed by atoms with Crippen LogP contribution in [0.25, 0.3) is 0 Å². The number of halogens is 3. The third-order valence-electron chi connectivity index (χ3n) is 5.54. The maximum absolute atomic E-state index is 12.6. The number of amides is 1. The van der Waals surface area contributed by atoms with Crippen LogP contribution < -0.4 is 0 Å². The van der Waals surface area contributed by atoms with E-state index in [0.717, 1.165) is 30.5 Å². The number of carbonyl (C=O) groups is 2. The molecule has 2 aromatic rings. The smallest absolute Gasteiger partial charge is 0.416 e. The predicted molar refractivity (Wildman–Crippen MR) is 108 cm³/mol. The Balaban J connectivity index is 1.54. The van der Waals surface area contributed by atoms with Gasteiger partial charge < -0.3 is 14.7 Å². The molecule has 0 aliphatic carbocycles. The lowest BCUT2D eigenvalue weighted by Crippen LogP contribution is -2.39. The molecule has 1 amide bonds. The molecule has 0 saturated carbocycles. The van der Waals surface area contributed by atoms with Gasteiger partial charge in [-0.3, -0.25) is 0 Å². The van der Waals surface area contributed by atoms with Gasteiger partial charge in [-0.05, 0) is 54.7 Å². The van der Waals surface area contributed by atoms with Crippen LogP contribution in [0.3, 0.4) is 0 Å². The first kappa shape index (κ1) is 22.7. The number of rotatable bonds is 5. The molecule has 31 heavy (non-hydrogen) atoms. The Labute approximate surface area is 178 Å². The monoisotopic (exact) mass is 435 g/mol. The van der Waals surface area contributed by atoms with Crippen molar-refractivity contribution >= 4 is 12.1 Å². The van der Waals surface area contributed by atoms with E-state index in [1.807, 2.05) is 6.07 Å². The fourth-order valence-electron chi connectivity index (χ4n) is 3.75. The second-order valence-corrected chi connectivity index (χ2v) is 7.72. The molecule has 1 heterocycles. The molecule has 1 unspecified atom stereocenters. The molecule has 0 aromatic heterocycles. The molecule has 1 aliphatic heterocycles. The van der Waals surface area contributed by atoms with Gasteiger partial charge in [0.05, 0.1) is 17.7 Å². The number of aromatic carboxylic acids is 1. The predicted octanol–water partition coefficient (Wildman–Crippen LogP) is 5.27. The molecule has 8 heteroatoms. The van der Waals surface area contributed by atoms with Crippen molar-refractivity contribution in [3.8, 4) is 0 Å². The van der Waals surface area contributed by atoms with E-state index in [4.69, 9.17) is 4.74 Å². The highest BCUT2D eigenvalue weighted by Crippen LogP contribution is 2.30. The van der Waals surface area contributed by atoms with Gasteiger partial charge in [-0.2, -0.15) is 13.2 Å². The zero-order valence-corrected chi connectivity index (χ0v) is 17.1. The Morgan fingerprint density at radius 1 is 1.16 bits per heavy atom. The molecule has 1 saturated heterocycles. The Hall–Kier alpha value is -3.03. The number of hydrogen-bond donors (Lipinski definition) is 1. The van der Waals surface area contributed by atoms with Gasteiger partial charge in [0.25, 0.3) is 0 Å². The maximum Gasteiger partial charge on any atom is 0.416 e. The average molecular weight is 435 g/mol. The number of carboxylic acids is 1. The van der Waals surface area contributed by atoms with Crippen LogP contribution in [0.5, 0.6) is 0 Å². The summed E-state index contributed by atoms with van der Waals surface area (Å²) in [6.07, 6.45) is -2.91. The maximum atomic E-state index is 12.6. The van der Waals surface area contributed by atoms with Crippen molar-refractivity contribution in [2.75, 3.05) is 19.7 Å². The molecule has 0 bridgehead atoms. The minimum atomic E-state index is -4.38. The second kappa shape index (κ2) is 9.41. The molecule has 1 fully saturated rings. The topological polar surface area (TPSA) is 66.8 Å². The van der Waals surface area contributed by atoms with E-state index in [1.54, 1.807) is 24.0 Å².